The predicted molar refractivity (Wildman–Crippen MR) is 66.7 cm³/mol. The number of aryl methyl sites for hydroxylation is 1. The average molecular weight is 242 g/mol. The summed E-state index contributed by atoms with van der Waals surface area (Å²) in [6, 6.07) is 0. The van der Waals surface area contributed by atoms with E-state index < -0.39 is 0 Å². The molecule has 1 aromatic heterocycles. The number of hydrazine groups is 1. The van der Waals surface area contributed by atoms with Crippen LogP contribution < -0.4 is 16.2 Å². The normalized spacial score (nSPS) is 10.2. The molecule has 1 amide bonds. The van der Waals surface area contributed by atoms with E-state index in [0.717, 1.165) is 30.3 Å². The van der Waals surface area contributed by atoms with Gasteiger partial charge in [-0.05, 0) is 20.3 Å². The van der Waals surface area contributed by atoms with Crippen LogP contribution in [-0.2, 0) is 6.42 Å². The van der Waals surface area contributed by atoms with Gasteiger partial charge in [0.2, 0.25) is 0 Å². The highest BCUT2D eigenvalue weighted by molar-refractivity contribution is 7.17. The fourth-order valence-corrected chi connectivity index (χ4v) is 2.64. The van der Waals surface area contributed by atoms with Gasteiger partial charge in [-0.25, -0.2) is 10.8 Å². The molecule has 0 aliphatic heterocycles. The molecule has 1 rings (SSSR count). The van der Waals surface area contributed by atoms with Crippen LogP contribution >= 0.6 is 11.3 Å². The van der Waals surface area contributed by atoms with Crippen molar-refractivity contribution in [3.05, 3.63) is 10.6 Å². The Balaban J connectivity index is 3.06. The van der Waals surface area contributed by atoms with Crippen LogP contribution in [0.5, 0.6) is 0 Å². The van der Waals surface area contributed by atoms with Crippen LogP contribution in [0.15, 0.2) is 0 Å². The van der Waals surface area contributed by atoms with Crippen molar-refractivity contribution in [2.24, 2.45) is 5.84 Å². The van der Waals surface area contributed by atoms with Crippen LogP contribution in [0.2, 0.25) is 0 Å². The molecule has 16 heavy (non-hydrogen) atoms. The first-order valence-corrected chi connectivity index (χ1v) is 6.25. The summed E-state index contributed by atoms with van der Waals surface area (Å²) in [7, 11) is 0. The standard InChI is InChI=1S/C10H18N4OS/c1-4-7-8(9(15)13-11)16-10(12-7)14(5-2)6-3/h4-6,11H2,1-3H3,(H,13,15). The lowest BCUT2D eigenvalue weighted by Gasteiger charge is -2.16. The van der Waals surface area contributed by atoms with E-state index >= 15 is 0 Å². The summed E-state index contributed by atoms with van der Waals surface area (Å²) in [6.07, 6.45) is 0.737. The average Bonchev–Trinajstić information content (AvgIpc) is 2.73. The molecular formula is C10H18N4OS. The van der Waals surface area contributed by atoms with Gasteiger partial charge in [0.25, 0.3) is 5.91 Å². The van der Waals surface area contributed by atoms with Crippen molar-refractivity contribution < 1.29 is 4.79 Å². The van der Waals surface area contributed by atoms with Gasteiger partial charge in [-0.15, -0.1) is 0 Å². The van der Waals surface area contributed by atoms with Crippen molar-refractivity contribution in [3.8, 4) is 0 Å². The Morgan fingerprint density at radius 2 is 2.06 bits per heavy atom. The summed E-state index contributed by atoms with van der Waals surface area (Å²) >= 11 is 1.40. The summed E-state index contributed by atoms with van der Waals surface area (Å²) in [6.45, 7) is 7.89. The highest BCUT2D eigenvalue weighted by Gasteiger charge is 2.18. The molecule has 0 atom stereocenters. The molecule has 1 heterocycles. The number of amides is 1. The number of nitrogens with two attached hydrogens (primary N) is 1. The van der Waals surface area contributed by atoms with Gasteiger partial charge < -0.3 is 4.90 Å². The maximum absolute atomic E-state index is 11.5. The summed E-state index contributed by atoms with van der Waals surface area (Å²) in [5.41, 5.74) is 2.97. The van der Waals surface area contributed by atoms with Crippen molar-refractivity contribution in [2.45, 2.75) is 27.2 Å². The second-order valence-corrected chi connectivity index (χ2v) is 4.25. The smallest absolute Gasteiger partial charge is 0.277 e. The summed E-state index contributed by atoms with van der Waals surface area (Å²) in [4.78, 5) is 18.7. The van der Waals surface area contributed by atoms with Crippen LogP contribution in [0, 0.1) is 0 Å². The number of anilines is 1. The van der Waals surface area contributed by atoms with Crippen LogP contribution in [0.25, 0.3) is 0 Å². The van der Waals surface area contributed by atoms with Gasteiger partial charge in [-0.2, -0.15) is 0 Å². The molecule has 6 heteroatoms. The van der Waals surface area contributed by atoms with Gasteiger partial charge in [0, 0.05) is 13.1 Å². The van der Waals surface area contributed by atoms with Gasteiger partial charge >= 0.3 is 0 Å². The van der Waals surface area contributed by atoms with Gasteiger partial charge in [0.15, 0.2) is 5.13 Å². The van der Waals surface area contributed by atoms with Gasteiger partial charge in [0.1, 0.15) is 4.88 Å². The number of nitrogens with zero attached hydrogens (tertiary/aromatic N) is 2. The lowest BCUT2D eigenvalue weighted by molar-refractivity contribution is 0.0956. The number of carbonyl (C=O) groups is 1. The number of thiazole rings is 1. The molecule has 0 spiro atoms. The zero-order chi connectivity index (χ0) is 12.1. The van der Waals surface area contributed by atoms with E-state index in [1.165, 1.54) is 11.3 Å². The minimum absolute atomic E-state index is 0.257. The van der Waals surface area contributed by atoms with Crippen molar-refractivity contribution in [1.82, 2.24) is 10.4 Å². The molecule has 0 aromatic carbocycles. The highest BCUT2D eigenvalue weighted by atomic mass is 32.1. The number of hydrogen-bond donors (Lipinski definition) is 2. The topological polar surface area (TPSA) is 71.2 Å². The molecule has 0 saturated heterocycles. The number of nitrogens with one attached hydrogen (secondary N) is 1. The molecule has 0 unspecified atom stereocenters. The molecule has 5 nitrogen and oxygen atoms in total. The van der Waals surface area contributed by atoms with Crippen LogP contribution in [0.4, 0.5) is 5.13 Å². The zero-order valence-electron chi connectivity index (χ0n) is 9.91. The maximum atomic E-state index is 11.5. The van der Waals surface area contributed by atoms with Crippen molar-refractivity contribution in [1.29, 1.82) is 0 Å². The maximum Gasteiger partial charge on any atom is 0.277 e. The van der Waals surface area contributed by atoms with Crippen LogP contribution in [0.1, 0.15) is 36.1 Å². The monoisotopic (exact) mass is 242 g/mol. The van der Waals surface area contributed by atoms with Gasteiger partial charge in [-0.1, -0.05) is 18.3 Å². The molecule has 1 aromatic rings. The molecular weight excluding hydrogens is 224 g/mol. The Bertz CT molecular complexity index is 360. The first-order chi connectivity index (χ1) is 7.67. The third-order valence-electron chi connectivity index (χ3n) is 2.39. The van der Waals surface area contributed by atoms with E-state index in [9.17, 15) is 4.79 Å². The van der Waals surface area contributed by atoms with E-state index in [4.69, 9.17) is 5.84 Å². The second-order valence-electron chi connectivity index (χ2n) is 3.27. The number of carbonyl (C=O) groups excluding carboxylic acids is 1. The van der Waals surface area contributed by atoms with Crippen molar-refractivity contribution >= 4 is 22.4 Å². The van der Waals surface area contributed by atoms with E-state index in [2.05, 4.69) is 29.2 Å². The van der Waals surface area contributed by atoms with E-state index in [-0.39, 0.29) is 5.91 Å². The van der Waals surface area contributed by atoms with Crippen molar-refractivity contribution in [3.63, 3.8) is 0 Å². The molecule has 0 bridgehead atoms. The number of rotatable bonds is 5. The first-order valence-electron chi connectivity index (χ1n) is 5.43. The Morgan fingerprint density at radius 1 is 1.44 bits per heavy atom. The Labute approximate surface area is 99.6 Å². The summed E-state index contributed by atoms with van der Waals surface area (Å²) < 4.78 is 0. The largest absolute Gasteiger partial charge is 0.349 e. The fraction of sp³-hybridized carbons (Fsp3) is 0.600. The van der Waals surface area contributed by atoms with Gasteiger partial charge in [0.05, 0.1) is 5.69 Å². The first kappa shape index (κ1) is 12.9. The van der Waals surface area contributed by atoms with Crippen molar-refractivity contribution in [2.75, 3.05) is 18.0 Å². The highest BCUT2D eigenvalue weighted by Crippen LogP contribution is 2.26. The molecule has 3 N–H and O–H groups in total. The molecule has 90 valence electrons. The van der Waals surface area contributed by atoms with Crippen LogP contribution in [0.3, 0.4) is 0 Å². The Kier molecular flexibility index (Phi) is 4.70. The Hall–Kier alpha value is -1.14. The predicted octanol–water partition coefficient (Wildman–Crippen LogP) is 1.16. The Morgan fingerprint density at radius 3 is 2.50 bits per heavy atom. The van der Waals surface area contributed by atoms with E-state index in [1.54, 1.807) is 0 Å². The second kappa shape index (κ2) is 5.81. The summed E-state index contributed by atoms with van der Waals surface area (Å²) in [5.74, 6) is 4.89. The molecule has 0 fully saturated rings. The summed E-state index contributed by atoms with van der Waals surface area (Å²) in [5, 5.41) is 0.889. The molecule has 0 aliphatic carbocycles. The van der Waals surface area contributed by atoms with Gasteiger partial charge in [-0.3, -0.25) is 10.2 Å². The SMILES string of the molecule is CCc1nc(N(CC)CC)sc1C(=O)NN. The quantitative estimate of drug-likeness (QED) is 0.462. The number of aromatic nitrogens is 1. The minimum atomic E-state index is -0.257. The number of hydrogen-bond acceptors (Lipinski definition) is 5. The zero-order valence-corrected chi connectivity index (χ0v) is 10.7. The van der Waals surface area contributed by atoms with Crippen LogP contribution in [-0.4, -0.2) is 24.0 Å². The lowest BCUT2D eigenvalue weighted by Crippen LogP contribution is -2.30. The molecule has 0 aliphatic rings. The third kappa shape index (κ3) is 2.51. The van der Waals surface area contributed by atoms with E-state index in [1.807, 2.05) is 6.92 Å². The molecule has 0 saturated carbocycles. The fourth-order valence-electron chi connectivity index (χ4n) is 1.45. The van der Waals surface area contributed by atoms with E-state index in [0.29, 0.717) is 4.88 Å². The lowest BCUT2D eigenvalue weighted by atomic mass is 10.3. The number of nitrogen functional groups attached to an aromatic ring is 1. The third-order valence-corrected chi connectivity index (χ3v) is 3.55. The molecule has 0 radical (unpaired) electrons. The minimum Gasteiger partial charge on any atom is -0.349 e.